The first-order chi connectivity index (χ1) is 6.27. The largest absolute Gasteiger partial charge is 0.241 e. The van der Waals surface area contributed by atoms with Crippen LogP contribution in [-0.2, 0) is 0 Å². The summed E-state index contributed by atoms with van der Waals surface area (Å²) in [5, 5.41) is 2.83. The second-order valence-electron chi connectivity index (χ2n) is 2.73. The molecule has 0 amide bonds. The Labute approximate surface area is 79.9 Å². The molecule has 2 aromatic rings. The molecule has 1 aromatic heterocycles. The highest BCUT2D eigenvalue weighted by Gasteiger charge is 2.05. The molecule has 0 aliphatic heterocycles. The zero-order valence-corrected chi connectivity index (χ0v) is 7.94. The van der Waals surface area contributed by atoms with Crippen molar-refractivity contribution in [3.8, 4) is 11.3 Å². The lowest BCUT2D eigenvalue weighted by Gasteiger charge is -1.96. The van der Waals surface area contributed by atoms with E-state index in [1.165, 1.54) is 17.4 Å². The van der Waals surface area contributed by atoms with E-state index in [4.69, 9.17) is 0 Å². The zero-order valence-electron chi connectivity index (χ0n) is 7.12. The molecule has 0 radical (unpaired) electrons. The van der Waals surface area contributed by atoms with E-state index in [0.717, 1.165) is 10.7 Å². The second kappa shape index (κ2) is 3.26. The third-order valence-corrected chi connectivity index (χ3v) is 2.54. The zero-order chi connectivity index (χ0) is 9.26. The summed E-state index contributed by atoms with van der Waals surface area (Å²) in [5.41, 5.74) is 1.30. The maximum atomic E-state index is 13.2. The van der Waals surface area contributed by atoms with E-state index in [1.54, 1.807) is 12.1 Å². The van der Waals surface area contributed by atoms with Crippen LogP contribution in [0.4, 0.5) is 4.39 Å². The van der Waals surface area contributed by atoms with Gasteiger partial charge >= 0.3 is 0 Å². The van der Waals surface area contributed by atoms with Crippen molar-refractivity contribution in [2.24, 2.45) is 0 Å². The van der Waals surface area contributed by atoms with Gasteiger partial charge in [0.1, 0.15) is 5.82 Å². The molecule has 0 unspecified atom stereocenters. The lowest BCUT2D eigenvalue weighted by molar-refractivity contribution is 0.631. The third kappa shape index (κ3) is 1.60. The van der Waals surface area contributed by atoms with Crippen molar-refractivity contribution in [3.05, 3.63) is 40.5 Å². The average Bonchev–Trinajstić information content (AvgIpc) is 2.53. The van der Waals surface area contributed by atoms with E-state index < -0.39 is 0 Å². The van der Waals surface area contributed by atoms with Crippen molar-refractivity contribution in [2.75, 3.05) is 0 Å². The van der Waals surface area contributed by atoms with E-state index in [9.17, 15) is 4.39 Å². The van der Waals surface area contributed by atoms with Crippen LogP contribution in [0.25, 0.3) is 11.3 Å². The predicted octanol–water partition coefficient (Wildman–Crippen LogP) is 3.26. The van der Waals surface area contributed by atoms with Crippen LogP contribution in [0.15, 0.2) is 29.6 Å². The van der Waals surface area contributed by atoms with Crippen LogP contribution >= 0.6 is 11.3 Å². The Kier molecular flexibility index (Phi) is 2.10. The molecular weight excluding hydrogens is 185 g/mol. The monoisotopic (exact) mass is 193 g/mol. The standard InChI is InChI=1S/C10H8FNS/c1-7-12-10(6-13-7)8-4-2-3-5-9(8)11/h2-6H,1H3. The van der Waals surface area contributed by atoms with Gasteiger partial charge in [0.05, 0.1) is 10.7 Å². The molecule has 0 spiro atoms. The quantitative estimate of drug-likeness (QED) is 0.677. The van der Waals surface area contributed by atoms with E-state index in [-0.39, 0.29) is 5.82 Å². The Morgan fingerprint density at radius 1 is 1.31 bits per heavy atom. The highest BCUT2D eigenvalue weighted by Crippen LogP contribution is 2.23. The van der Waals surface area contributed by atoms with Crippen molar-refractivity contribution in [1.29, 1.82) is 0 Å². The van der Waals surface area contributed by atoms with Crippen LogP contribution in [0, 0.1) is 12.7 Å². The molecule has 0 N–H and O–H groups in total. The molecule has 3 heteroatoms. The van der Waals surface area contributed by atoms with Crippen LogP contribution in [0.2, 0.25) is 0 Å². The van der Waals surface area contributed by atoms with Gasteiger partial charge in [0.15, 0.2) is 0 Å². The third-order valence-electron chi connectivity index (χ3n) is 1.77. The minimum Gasteiger partial charge on any atom is -0.241 e. The molecule has 1 aromatic carbocycles. The van der Waals surface area contributed by atoms with E-state index in [1.807, 2.05) is 18.4 Å². The summed E-state index contributed by atoms with van der Waals surface area (Å²) < 4.78 is 13.2. The Morgan fingerprint density at radius 2 is 2.08 bits per heavy atom. The van der Waals surface area contributed by atoms with Gasteiger partial charge < -0.3 is 0 Å². The van der Waals surface area contributed by atoms with Crippen LogP contribution in [-0.4, -0.2) is 4.98 Å². The number of rotatable bonds is 1. The molecular formula is C10H8FNS. The summed E-state index contributed by atoms with van der Waals surface area (Å²) >= 11 is 1.53. The van der Waals surface area contributed by atoms with Crippen LogP contribution < -0.4 is 0 Å². The van der Waals surface area contributed by atoms with Crippen LogP contribution in [0.1, 0.15) is 5.01 Å². The molecule has 0 aliphatic rings. The molecule has 13 heavy (non-hydrogen) atoms. The highest BCUT2D eigenvalue weighted by molar-refractivity contribution is 7.09. The maximum absolute atomic E-state index is 13.2. The smallest absolute Gasteiger partial charge is 0.132 e. The fraction of sp³-hybridized carbons (Fsp3) is 0.100. The summed E-state index contributed by atoms with van der Waals surface area (Å²) in [4.78, 5) is 4.22. The van der Waals surface area contributed by atoms with Gasteiger partial charge in [-0.3, -0.25) is 0 Å². The van der Waals surface area contributed by atoms with Gasteiger partial charge in [0.25, 0.3) is 0 Å². The number of aryl methyl sites for hydroxylation is 1. The van der Waals surface area contributed by atoms with Crippen molar-refractivity contribution >= 4 is 11.3 Å². The lowest BCUT2D eigenvalue weighted by atomic mass is 10.2. The van der Waals surface area contributed by atoms with Gasteiger partial charge in [0, 0.05) is 10.9 Å². The molecule has 1 nitrogen and oxygen atoms in total. The molecule has 0 saturated carbocycles. The van der Waals surface area contributed by atoms with Gasteiger partial charge in [-0.1, -0.05) is 12.1 Å². The number of aromatic nitrogens is 1. The molecule has 2 rings (SSSR count). The highest BCUT2D eigenvalue weighted by atomic mass is 32.1. The van der Waals surface area contributed by atoms with Gasteiger partial charge in [-0.05, 0) is 19.1 Å². The number of benzene rings is 1. The topological polar surface area (TPSA) is 12.9 Å². The molecule has 0 atom stereocenters. The fourth-order valence-electron chi connectivity index (χ4n) is 1.16. The summed E-state index contributed by atoms with van der Waals surface area (Å²) in [6, 6.07) is 6.68. The van der Waals surface area contributed by atoms with Gasteiger partial charge in [-0.25, -0.2) is 9.37 Å². The Morgan fingerprint density at radius 3 is 2.69 bits per heavy atom. The van der Waals surface area contributed by atoms with E-state index >= 15 is 0 Å². The van der Waals surface area contributed by atoms with Crippen LogP contribution in [0.3, 0.4) is 0 Å². The second-order valence-corrected chi connectivity index (χ2v) is 3.79. The Balaban J connectivity index is 2.52. The molecule has 0 fully saturated rings. The molecule has 1 heterocycles. The van der Waals surface area contributed by atoms with Crippen molar-refractivity contribution < 1.29 is 4.39 Å². The fourth-order valence-corrected chi connectivity index (χ4v) is 1.77. The van der Waals surface area contributed by atoms with Crippen molar-refractivity contribution in [2.45, 2.75) is 6.92 Å². The number of halogens is 1. The summed E-state index contributed by atoms with van der Waals surface area (Å²) in [6.07, 6.45) is 0. The van der Waals surface area contributed by atoms with Gasteiger partial charge in [-0.15, -0.1) is 11.3 Å². The Bertz CT molecular complexity index is 422. The van der Waals surface area contributed by atoms with Gasteiger partial charge in [-0.2, -0.15) is 0 Å². The first-order valence-corrected chi connectivity index (χ1v) is 4.82. The SMILES string of the molecule is Cc1nc(-c2ccccc2F)cs1. The molecule has 0 bridgehead atoms. The first kappa shape index (κ1) is 8.38. The number of thiazole rings is 1. The Hall–Kier alpha value is -1.22. The minimum atomic E-state index is -0.215. The number of nitrogens with zero attached hydrogens (tertiary/aromatic N) is 1. The van der Waals surface area contributed by atoms with Gasteiger partial charge in [0.2, 0.25) is 0 Å². The predicted molar refractivity (Wildman–Crippen MR) is 52.2 cm³/mol. The van der Waals surface area contributed by atoms with Crippen molar-refractivity contribution in [1.82, 2.24) is 4.98 Å². The van der Waals surface area contributed by atoms with E-state index in [2.05, 4.69) is 4.98 Å². The average molecular weight is 193 g/mol. The molecule has 0 saturated heterocycles. The first-order valence-electron chi connectivity index (χ1n) is 3.94. The lowest BCUT2D eigenvalue weighted by Crippen LogP contribution is -1.82. The molecule has 0 aliphatic carbocycles. The summed E-state index contributed by atoms with van der Waals surface area (Å²) in [6.45, 7) is 1.91. The number of hydrogen-bond donors (Lipinski definition) is 0. The maximum Gasteiger partial charge on any atom is 0.132 e. The molecule has 66 valence electrons. The minimum absolute atomic E-state index is 0.215. The summed E-state index contributed by atoms with van der Waals surface area (Å²) in [5.74, 6) is -0.215. The van der Waals surface area contributed by atoms with Crippen molar-refractivity contribution in [3.63, 3.8) is 0 Å². The normalized spacial score (nSPS) is 10.3. The van der Waals surface area contributed by atoms with E-state index in [0.29, 0.717) is 5.56 Å². The number of hydrogen-bond acceptors (Lipinski definition) is 2. The van der Waals surface area contributed by atoms with Crippen LogP contribution in [0.5, 0.6) is 0 Å². The summed E-state index contributed by atoms with van der Waals surface area (Å²) in [7, 11) is 0.